The Balaban J connectivity index is 1.43. The summed E-state index contributed by atoms with van der Waals surface area (Å²) in [5.41, 5.74) is 7.13. The van der Waals surface area contributed by atoms with Crippen molar-refractivity contribution in [3.63, 3.8) is 0 Å². The Bertz CT molecular complexity index is 1410. The predicted molar refractivity (Wildman–Crippen MR) is 140 cm³/mol. The van der Waals surface area contributed by atoms with E-state index in [1.807, 2.05) is 30.6 Å². The number of quaternary nitrogens is 1. The molecule has 1 unspecified atom stereocenters. The number of aliphatic hydroxyl groups excluding tert-OH is 1. The lowest BCUT2D eigenvalue weighted by molar-refractivity contribution is -0.750. The van der Waals surface area contributed by atoms with E-state index in [2.05, 4.69) is 48.3 Å². The van der Waals surface area contributed by atoms with Crippen LogP contribution in [0.5, 0.6) is 0 Å². The summed E-state index contributed by atoms with van der Waals surface area (Å²) in [5, 5.41) is 10.7. The van der Waals surface area contributed by atoms with Gasteiger partial charge in [0.15, 0.2) is 0 Å². The molecular weight excluding hydrogens is 434 g/mol. The van der Waals surface area contributed by atoms with Crippen molar-refractivity contribution in [1.29, 1.82) is 0 Å². The van der Waals surface area contributed by atoms with Gasteiger partial charge < -0.3 is 5.11 Å². The number of hydrogen-bond acceptors (Lipinski definition) is 5. The second-order valence-corrected chi connectivity index (χ2v) is 9.88. The van der Waals surface area contributed by atoms with E-state index < -0.39 is 0 Å². The van der Waals surface area contributed by atoms with Crippen molar-refractivity contribution >= 4 is 23.0 Å². The summed E-state index contributed by atoms with van der Waals surface area (Å²) >= 11 is 0. The van der Waals surface area contributed by atoms with Crippen LogP contribution in [0.1, 0.15) is 36.8 Å². The molecule has 2 aliphatic heterocycles. The Morgan fingerprint density at radius 2 is 1.80 bits per heavy atom. The number of hydrogen-bond donors (Lipinski definition) is 2. The van der Waals surface area contributed by atoms with Gasteiger partial charge in [-0.05, 0) is 62.3 Å². The van der Waals surface area contributed by atoms with Gasteiger partial charge in [0.25, 0.3) is 5.84 Å². The molecule has 2 aromatic carbocycles. The molecular formula is C29H30N5O+. The average Bonchev–Trinajstić information content (AvgIpc) is 3.22. The number of rotatable bonds is 4. The zero-order valence-corrected chi connectivity index (χ0v) is 19.9. The van der Waals surface area contributed by atoms with Gasteiger partial charge in [0, 0.05) is 23.5 Å². The van der Waals surface area contributed by atoms with Crippen molar-refractivity contribution in [1.82, 2.24) is 4.98 Å². The maximum absolute atomic E-state index is 9.56. The van der Waals surface area contributed by atoms with Crippen molar-refractivity contribution < 1.29 is 9.70 Å². The molecule has 176 valence electrons. The van der Waals surface area contributed by atoms with Crippen LogP contribution >= 0.6 is 0 Å². The van der Waals surface area contributed by atoms with Crippen LogP contribution in [0.25, 0.3) is 22.2 Å². The fraction of sp³-hybridized carbons (Fsp3) is 0.276. The molecule has 0 amide bonds. The van der Waals surface area contributed by atoms with E-state index in [0.717, 1.165) is 70.6 Å². The third kappa shape index (κ3) is 3.74. The average molecular weight is 465 g/mol. The fourth-order valence-electron chi connectivity index (χ4n) is 5.62. The molecule has 6 heteroatoms. The summed E-state index contributed by atoms with van der Waals surface area (Å²) in [7, 11) is 0. The minimum absolute atomic E-state index is 0.0294. The Hall–Kier alpha value is -3.45. The topological polar surface area (TPSA) is 83.9 Å². The minimum Gasteiger partial charge on any atom is -0.396 e. The second-order valence-electron chi connectivity index (χ2n) is 9.88. The number of aliphatic imine (C=N–C) groups is 2. The second kappa shape index (κ2) is 8.64. The third-order valence-electron chi connectivity index (χ3n) is 7.66. The van der Waals surface area contributed by atoms with Gasteiger partial charge in [-0.25, -0.2) is 4.98 Å². The van der Waals surface area contributed by atoms with E-state index in [-0.39, 0.29) is 11.2 Å². The number of aliphatic hydroxyl groups is 1. The standard InChI is InChI=1S/C29H30N5O/c1-19-15-25(21-5-3-2-4-6-21)32-26-16-23(11-12-24(19)26)29-33-28(22-9-7-20(18-35)8-10-22)27-17-31-13-14-34(27,29)30/h2-6,11-17,20,22,35H,7-10,18,30H2,1H3/q+1. The molecule has 3 N–H and O–H groups in total. The maximum atomic E-state index is 9.56. The summed E-state index contributed by atoms with van der Waals surface area (Å²) < 4.78 is 0.0294. The summed E-state index contributed by atoms with van der Waals surface area (Å²) in [6.45, 7) is 2.40. The zero-order valence-electron chi connectivity index (χ0n) is 19.9. The SMILES string of the molecule is Cc1cc(-c2ccccc2)nc2cc(C3=NC(C4CCC(CO)CC4)=C4C=NC=C[N+]34N)ccc12. The molecule has 3 aliphatic rings. The third-order valence-corrected chi connectivity index (χ3v) is 7.66. The van der Waals surface area contributed by atoms with Crippen LogP contribution in [0.4, 0.5) is 0 Å². The fourth-order valence-corrected chi connectivity index (χ4v) is 5.62. The van der Waals surface area contributed by atoms with Gasteiger partial charge in [-0.3, -0.25) is 4.99 Å². The number of aryl methyl sites for hydroxylation is 1. The smallest absolute Gasteiger partial charge is 0.264 e. The molecule has 35 heavy (non-hydrogen) atoms. The number of benzene rings is 2. The molecule has 6 rings (SSSR count). The Kier molecular flexibility index (Phi) is 5.44. The zero-order chi connectivity index (χ0) is 24.0. The highest BCUT2D eigenvalue weighted by Crippen LogP contribution is 2.41. The summed E-state index contributed by atoms with van der Waals surface area (Å²) in [4.78, 5) is 14.6. The molecule has 0 saturated heterocycles. The van der Waals surface area contributed by atoms with Crippen LogP contribution in [0.2, 0.25) is 0 Å². The van der Waals surface area contributed by atoms with Crippen LogP contribution in [-0.4, -0.2) is 33.3 Å². The number of amidine groups is 1. The van der Waals surface area contributed by atoms with Crippen molar-refractivity contribution in [2.75, 3.05) is 6.61 Å². The first-order valence-corrected chi connectivity index (χ1v) is 12.4. The van der Waals surface area contributed by atoms with Gasteiger partial charge in [0.05, 0.1) is 29.2 Å². The molecule has 0 bridgehead atoms. The van der Waals surface area contributed by atoms with Crippen LogP contribution in [0, 0.1) is 18.8 Å². The predicted octanol–water partition coefficient (Wildman–Crippen LogP) is 5.23. The minimum atomic E-state index is 0.0294. The number of fused-ring (bicyclic) bond motifs is 2. The lowest BCUT2D eigenvalue weighted by Gasteiger charge is -2.28. The van der Waals surface area contributed by atoms with Gasteiger partial charge in [0.2, 0.25) is 5.70 Å². The van der Waals surface area contributed by atoms with Crippen molar-refractivity contribution in [2.45, 2.75) is 32.6 Å². The van der Waals surface area contributed by atoms with Gasteiger partial charge in [-0.1, -0.05) is 36.4 Å². The number of pyridine rings is 1. The van der Waals surface area contributed by atoms with Crippen LogP contribution in [0.3, 0.4) is 0 Å². The monoisotopic (exact) mass is 464 g/mol. The van der Waals surface area contributed by atoms with E-state index in [1.54, 1.807) is 6.20 Å². The number of allylic oxidation sites excluding steroid dienone is 2. The lowest BCUT2D eigenvalue weighted by Crippen LogP contribution is -2.53. The van der Waals surface area contributed by atoms with Gasteiger partial charge >= 0.3 is 0 Å². The Morgan fingerprint density at radius 3 is 2.57 bits per heavy atom. The van der Waals surface area contributed by atoms with Crippen LogP contribution < -0.4 is 5.84 Å². The first kappa shape index (κ1) is 22.0. The molecule has 1 atom stereocenters. The molecule has 1 saturated carbocycles. The van der Waals surface area contributed by atoms with Gasteiger partial charge in [-0.15, -0.1) is 4.59 Å². The Labute approximate surface area is 205 Å². The van der Waals surface area contributed by atoms with E-state index in [9.17, 15) is 5.11 Å². The highest BCUT2D eigenvalue weighted by molar-refractivity contribution is 6.03. The molecule has 0 radical (unpaired) electrons. The summed E-state index contributed by atoms with van der Waals surface area (Å²) in [6.07, 6.45) is 9.57. The van der Waals surface area contributed by atoms with E-state index in [0.29, 0.717) is 11.8 Å². The van der Waals surface area contributed by atoms with Crippen molar-refractivity contribution in [3.05, 3.63) is 89.5 Å². The normalized spacial score (nSPS) is 25.7. The van der Waals surface area contributed by atoms with Gasteiger partial charge in [-0.2, -0.15) is 10.8 Å². The lowest BCUT2D eigenvalue weighted by atomic mass is 9.80. The molecule has 3 aromatic rings. The number of aromatic nitrogens is 1. The van der Waals surface area contributed by atoms with E-state index in [1.165, 1.54) is 5.56 Å². The van der Waals surface area contributed by atoms with Gasteiger partial charge in [0.1, 0.15) is 11.9 Å². The number of nitrogens with two attached hydrogens (primary N) is 1. The molecule has 0 spiro atoms. The number of nitrogens with zero attached hydrogens (tertiary/aromatic N) is 4. The first-order valence-electron chi connectivity index (χ1n) is 12.4. The van der Waals surface area contributed by atoms with Crippen LogP contribution in [0.15, 0.2) is 88.4 Å². The van der Waals surface area contributed by atoms with Crippen molar-refractivity contribution in [2.24, 2.45) is 27.7 Å². The van der Waals surface area contributed by atoms with Crippen molar-refractivity contribution in [3.8, 4) is 11.3 Å². The molecule has 6 nitrogen and oxygen atoms in total. The Morgan fingerprint density at radius 1 is 1.00 bits per heavy atom. The summed E-state index contributed by atoms with van der Waals surface area (Å²) in [6, 6.07) is 18.8. The quantitative estimate of drug-likeness (QED) is 0.410. The first-order chi connectivity index (χ1) is 17.1. The molecule has 3 heterocycles. The summed E-state index contributed by atoms with van der Waals surface area (Å²) in [5.74, 6) is 8.52. The van der Waals surface area contributed by atoms with Crippen LogP contribution in [-0.2, 0) is 0 Å². The molecule has 1 aliphatic carbocycles. The van der Waals surface area contributed by atoms with E-state index in [4.69, 9.17) is 15.8 Å². The largest absolute Gasteiger partial charge is 0.396 e. The highest BCUT2D eigenvalue weighted by Gasteiger charge is 2.46. The van der Waals surface area contributed by atoms with E-state index >= 15 is 0 Å². The molecule has 1 aromatic heterocycles. The highest BCUT2D eigenvalue weighted by atomic mass is 16.3. The molecule has 1 fully saturated rings. The maximum Gasteiger partial charge on any atom is 0.264 e.